The van der Waals surface area contributed by atoms with Gasteiger partial charge in [0.1, 0.15) is 0 Å². The lowest BCUT2D eigenvalue weighted by Gasteiger charge is -2.04. The Bertz CT molecular complexity index is 484. The van der Waals surface area contributed by atoms with Gasteiger partial charge in [-0.1, -0.05) is 54.6 Å². The number of benzene rings is 2. The molecule has 0 heteroatoms. The van der Waals surface area contributed by atoms with Gasteiger partial charge in [0.15, 0.2) is 0 Å². The normalized spacial score (nSPS) is 23.1. The second-order valence-corrected chi connectivity index (χ2v) is 4.72. The van der Waals surface area contributed by atoms with Crippen LogP contribution in [0.3, 0.4) is 0 Å². The first kappa shape index (κ1) is 9.65. The van der Waals surface area contributed by atoms with E-state index in [1.54, 1.807) is 0 Å². The molecule has 1 aliphatic carbocycles. The summed E-state index contributed by atoms with van der Waals surface area (Å²) in [4.78, 5) is 0. The maximum absolute atomic E-state index is 2.28. The van der Waals surface area contributed by atoms with Crippen molar-refractivity contribution in [2.45, 2.75) is 25.2 Å². The lowest BCUT2D eigenvalue weighted by Crippen LogP contribution is -1.87. The standard InChI is InChI=1S/C16H16/c1-12-7-5-6-10-14(12)16-11-15(16)13-8-3-2-4-9-13/h2-10,15-16H,11H2,1H3/t15-,16-/m0/s1. The Labute approximate surface area is 96.9 Å². The summed E-state index contributed by atoms with van der Waals surface area (Å²) in [6, 6.07) is 19.7. The molecule has 2 atom stereocenters. The summed E-state index contributed by atoms with van der Waals surface area (Å²) in [6.07, 6.45) is 1.31. The smallest absolute Gasteiger partial charge is 0.00842 e. The van der Waals surface area contributed by atoms with Crippen LogP contribution in [-0.2, 0) is 0 Å². The Morgan fingerprint density at radius 3 is 2.25 bits per heavy atom. The average molecular weight is 208 g/mol. The predicted octanol–water partition coefficient (Wildman–Crippen LogP) is 4.27. The topological polar surface area (TPSA) is 0 Å². The first-order chi connectivity index (χ1) is 7.86. The maximum Gasteiger partial charge on any atom is -0.00842 e. The molecule has 2 aromatic rings. The molecule has 16 heavy (non-hydrogen) atoms. The van der Waals surface area contributed by atoms with Gasteiger partial charge in [-0.3, -0.25) is 0 Å². The quantitative estimate of drug-likeness (QED) is 0.691. The Hall–Kier alpha value is -1.56. The van der Waals surface area contributed by atoms with Crippen molar-refractivity contribution in [3.63, 3.8) is 0 Å². The van der Waals surface area contributed by atoms with E-state index < -0.39 is 0 Å². The molecule has 0 radical (unpaired) electrons. The molecule has 0 amide bonds. The summed E-state index contributed by atoms with van der Waals surface area (Å²) in [6.45, 7) is 2.22. The molecule has 0 unspecified atom stereocenters. The van der Waals surface area contributed by atoms with Gasteiger partial charge >= 0.3 is 0 Å². The van der Waals surface area contributed by atoms with E-state index in [4.69, 9.17) is 0 Å². The summed E-state index contributed by atoms with van der Waals surface area (Å²) in [5.74, 6) is 1.51. The molecule has 0 heterocycles. The first-order valence-electron chi connectivity index (χ1n) is 5.97. The van der Waals surface area contributed by atoms with Crippen LogP contribution in [0.25, 0.3) is 0 Å². The van der Waals surface area contributed by atoms with Crippen LogP contribution in [0.15, 0.2) is 54.6 Å². The van der Waals surface area contributed by atoms with Gasteiger partial charge in [-0.05, 0) is 41.9 Å². The van der Waals surface area contributed by atoms with Gasteiger partial charge in [0.2, 0.25) is 0 Å². The van der Waals surface area contributed by atoms with Gasteiger partial charge in [-0.25, -0.2) is 0 Å². The van der Waals surface area contributed by atoms with Crippen molar-refractivity contribution in [1.29, 1.82) is 0 Å². The number of hydrogen-bond acceptors (Lipinski definition) is 0. The monoisotopic (exact) mass is 208 g/mol. The van der Waals surface area contributed by atoms with E-state index in [-0.39, 0.29) is 0 Å². The minimum absolute atomic E-state index is 0.752. The van der Waals surface area contributed by atoms with Gasteiger partial charge in [-0.15, -0.1) is 0 Å². The van der Waals surface area contributed by atoms with Crippen LogP contribution >= 0.6 is 0 Å². The summed E-state index contributed by atoms with van der Waals surface area (Å²) >= 11 is 0. The number of hydrogen-bond donors (Lipinski definition) is 0. The summed E-state index contributed by atoms with van der Waals surface area (Å²) < 4.78 is 0. The third-order valence-electron chi connectivity index (χ3n) is 3.61. The third kappa shape index (κ3) is 1.65. The van der Waals surface area contributed by atoms with Crippen molar-refractivity contribution in [2.24, 2.45) is 0 Å². The molecule has 1 saturated carbocycles. The van der Waals surface area contributed by atoms with E-state index in [0.717, 1.165) is 11.8 Å². The van der Waals surface area contributed by atoms with Crippen LogP contribution in [-0.4, -0.2) is 0 Å². The molecule has 0 saturated heterocycles. The van der Waals surface area contributed by atoms with Crippen molar-refractivity contribution >= 4 is 0 Å². The maximum atomic E-state index is 2.28. The largest absolute Gasteiger partial charge is 0.0622 e. The van der Waals surface area contributed by atoms with Crippen LogP contribution in [0.1, 0.15) is 34.9 Å². The second-order valence-electron chi connectivity index (χ2n) is 4.72. The predicted molar refractivity (Wildman–Crippen MR) is 67.7 cm³/mol. The molecule has 0 N–H and O–H groups in total. The van der Waals surface area contributed by atoms with Crippen LogP contribution in [0.5, 0.6) is 0 Å². The van der Waals surface area contributed by atoms with Gasteiger partial charge in [0, 0.05) is 0 Å². The van der Waals surface area contributed by atoms with E-state index in [2.05, 4.69) is 61.5 Å². The van der Waals surface area contributed by atoms with E-state index in [1.165, 1.54) is 23.1 Å². The number of aryl methyl sites for hydroxylation is 1. The van der Waals surface area contributed by atoms with E-state index in [1.807, 2.05) is 0 Å². The summed E-state index contributed by atoms with van der Waals surface area (Å²) in [5, 5.41) is 0. The van der Waals surface area contributed by atoms with Gasteiger partial charge in [-0.2, -0.15) is 0 Å². The Morgan fingerprint density at radius 1 is 0.812 bits per heavy atom. The molecule has 1 fully saturated rings. The number of rotatable bonds is 2. The molecule has 0 bridgehead atoms. The Balaban J connectivity index is 1.85. The molecular weight excluding hydrogens is 192 g/mol. The van der Waals surface area contributed by atoms with Crippen LogP contribution in [0, 0.1) is 6.92 Å². The van der Waals surface area contributed by atoms with Crippen LogP contribution in [0.4, 0.5) is 0 Å². The highest BCUT2D eigenvalue weighted by Crippen LogP contribution is 2.55. The molecule has 0 aromatic heterocycles. The van der Waals surface area contributed by atoms with Crippen LogP contribution < -0.4 is 0 Å². The SMILES string of the molecule is Cc1ccccc1[C@@H]1C[C@H]1c1ccccc1. The second kappa shape index (κ2) is 3.79. The molecule has 1 aliphatic rings. The Kier molecular flexibility index (Phi) is 2.28. The van der Waals surface area contributed by atoms with E-state index in [0.29, 0.717) is 0 Å². The zero-order valence-electron chi connectivity index (χ0n) is 9.56. The molecule has 2 aromatic carbocycles. The zero-order valence-corrected chi connectivity index (χ0v) is 9.56. The average Bonchev–Trinajstić information content (AvgIpc) is 3.11. The summed E-state index contributed by atoms with van der Waals surface area (Å²) in [7, 11) is 0. The highest BCUT2D eigenvalue weighted by molar-refractivity contribution is 5.39. The fourth-order valence-corrected chi connectivity index (χ4v) is 2.61. The van der Waals surface area contributed by atoms with Gasteiger partial charge in [0.05, 0.1) is 0 Å². The molecule has 0 nitrogen and oxygen atoms in total. The highest BCUT2D eigenvalue weighted by atomic mass is 14.4. The minimum Gasteiger partial charge on any atom is -0.0622 e. The first-order valence-corrected chi connectivity index (χ1v) is 5.97. The molecule has 3 rings (SSSR count). The molecule has 80 valence electrons. The van der Waals surface area contributed by atoms with E-state index in [9.17, 15) is 0 Å². The Morgan fingerprint density at radius 2 is 1.50 bits per heavy atom. The van der Waals surface area contributed by atoms with Crippen molar-refractivity contribution < 1.29 is 0 Å². The van der Waals surface area contributed by atoms with Crippen molar-refractivity contribution in [2.75, 3.05) is 0 Å². The lowest BCUT2D eigenvalue weighted by molar-refractivity contribution is 1.01. The van der Waals surface area contributed by atoms with Crippen LogP contribution in [0.2, 0.25) is 0 Å². The fraction of sp³-hybridized carbons (Fsp3) is 0.250. The highest BCUT2D eigenvalue weighted by Gasteiger charge is 2.39. The fourth-order valence-electron chi connectivity index (χ4n) is 2.61. The zero-order chi connectivity index (χ0) is 11.0. The van der Waals surface area contributed by atoms with E-state index >= 15 is 0 Å². The molecule has 0 spiro atoms. The lowest BCUT2D eigenvalue weighted by atomic mass is 10.0. The third-order valence-corrected chi connectivity index (χ3v) is 3.61. The molecule has 0 aliphatic heterocycles. The van der Waals surface area contributed by atoms with Gasteiger partial charge in [0.25, 0.3) is 0 Å². The van der Waals surface area contributed by atoms with Crippen molar-refractivity contribution in [3.05, 3.63) is 71.3 Å². The minimum atomic E-state index is 0.752. The summed E-state index contributed by atoms with van der Waals surface area (Å²) in [5.41, 5.74) is 4.47. The van der Waals surface area contributed by atoms with Gasteiger partial charge < -0.3 is 0 Å². The van der Waals surface area contributed by atoms with Crippen molar-refractivity contribution in [3.8, 4) is 0 Å². The molecular formula is C16H16. The van der Waals surface area contributed by atoms with Crippen molar-refractivity contribution in [1.82, 2.24) is 0 Å².